The van der Waals surface area contributed by atoms with Gasteiger partial charge in [0, 0.05) is 17.6 Å². The Morgan fingerprint density at radius 3 is 2.50 bits per heavy atom. The van der Waals surface area contributed by atoms with Crippen molar-refractivity contribution in [2.24, 2.45) is 0 Å². The summed E-state index contributed by atoms with van der Waals surface area (Å²) >= 11 is 5.66. The maximum atomic E-state index is 12.4. The fourth-order valence-electron chi connectivity index (χ4n) is 1.06. The van der Waals surface area contributed by atoms with Crippen LogP contribution in [0.15, 0.2) is 18.3 Å². The van der Waals surface area contributed by atoms with E-state index in [0.29, 0.717) is 0 Å². The van der Waals surface area contributed by atoms with Crippen LogP contribution in [0.2, 0.25) is 0 Å². The standard InChI is InChI=1S/C10H12ClF3N2/c1-9(2,6-11)16-8-5-7(3-4-15-8)10(12,13)14/h3-5H,6H2,1-2H3,(H,15,16). The second-order valence-corrected chi connectivity index (χ2v) is 4.34. The van der Waals surface area contributed by atoms with Crippen molar-refractivity contribution in [2.45, 2.75) is 25.6 Å². The van der Waals surface area contributed by atoms with E-state index in [1.165, 1.54) is 0 Å². The number of pyridine rings is 1. The van der Waals surface area contributed by atoms with Crippen LogP contribution < -0.4 is 5.32 Å². The number of aromatic nitrogens is 1. The molecule has 1 N–H and O–H groups in total. The number of hydrogen-bond acceptors (Lipinski definition) is 2. The van der Waals surface area contributed by atoms with Crippen molar-refractivity contribution in [3.63, 3.8) is 0 Å². The Balaban J connectivity index is 2.92. The number of nitrogens with one attached hydrogen (secondary N) is 1. The maximum absolute atomic E-state index is 12.4. The van der Waals surface area contributed by atoms with E-state index in [2.05, 4.69) is 10.3 Å². The fraction of sp³-hybridized carbons (Fsp3) is 0.500. The summed E-state index contributed by atoms with van der Waals surface area (Å²) in [5.74, 6) is 0.436. The third kappa shape index (κ3) is 3.56. The molecule has 1 aromatic rings. The maximum Gasteiger partial charge on any atom is 0.416 e. The van der Waals surface area contributed by atoms with Gasteiger partial charge in [-0.15, -0.1) is 11.6 Å². The topological polar surface area (TPSA) is 24.9 Å². The van der Waals surface area contributed by atoms with Crippen molar-refractivity contribution >= 4 is 17.4 Å². The largest absolute Gasteiger partial charge is 0.416 e. The highest BCUT2D eigenvalue weighted by Crippen LogP contribution is 2.30. The van der Waals surface area contributed by atoms with Gasteiger partial charge in [0.15, 0.2) is 0 Å². The first-order valence-electron chi connectivity index (χ1n) is 4.62. The first-order valence-corrected chi connectivity index (χ1v) is 5.15. The molecule has 0 aliphatic heterocycles. The minimum absolute atomic E-state index is 0.167. The zero-order chi connectivity index (χ0) is 12.4. The zero-order valence-corrected chi connectivity index (χ0v) is 9.65. The molecule has 16 heavy (non-hydrogen) atoms. The molecule has 1 heterocycles. The van der Waals surface area contributed by atoms with Crippen molar-refractivity contribution in [2.75, 3.05) is 11.2 Å². The Hall–Kier alpha value is -0.970. The smallest absolute Gasteiger partial charge is 0.364 e. The lowest BCUT2D eigenvalue weighted by atomic mass is 10.1. The molecular formula is C10H12ClF3N2. The Labute approximate surface area is 96.8 Å². The lowest BCUT2D eigenvalue weighted by molar-refractivity contribution is -0.137. The summed E-state index contributed by atoms with van der Waals surface area (Å²) in [5, 5.41) is 2.84. The number of nitrogens with zero attached hydrogens (tertiary/aromatic N) is 1. The van der Waals surface area contributed by atoms with Crippen LogP contribution in [-0.2, 0) is 6.18 Å². The van der Waals surface area contributed by atoms with Crippen molar-refractivity contribution in [3.8, 4) is 0 Å². The number of hydrogen-bond donors (Lipinski definition) is 1. The van der Waals surface area contributed by atoms with Gasteiger partial charge in [0.1, 0.15) is 5.82 Å². The Morgan fingerprint density at radius 1 is 1.38 bits per heavy atom. The third-order valence-electron chi connectivity index (χ3n) is 1.89. The summed E-state index contributed by atoms with van der Waals surface area (Å²) in [7, 11) is 0. The third-order valence-corrected chi connectivity index (χ3v) is 2.56. The van der Waals surface area contributed by atoms with Crippen LogP contribution in [0.3, 0.4) is 0 Å². The van der Waals surface area contributed by atoms with Crippen LogP contribution in [0.4, 0.5) is 19.0 Å². The van der Waals surface area contributed by atoms with Crippen LogP contribution >= 0.6 is 11.6 Å². The molecule has 0 saturated heterocycles. The quantitative estimate of drug-likeness (QED) is 0.833. The van der Waals surface area contributed by atoms with Gasteiger partial charge in [-0.3, -0.25) is 0 Å². The summed E-state index contributed by atoms with van der Waals surface area (Å²) in [6.45, 7) is 3.56. The molecule has 0 aliphatic rings. The highest BCUT2D eigenvalue weighted by Gasteiger charge is 2.31. The fourth-order valence-corrected chi connectivity index (χ4v) is 1.12. The summed E-state index contributed by atoms with van der Waals surface area (Å²) < 4.78 is 37.2. The van der Waals surface area contributed by atoms with E-state index >= 15 is 0 Å². The molecule has 0 aromatic carbocycles. The highest BCUT2D eigenvalue weighted by molar-refractivity contribution is 6.18. The number of halogens is 4. The highest BCUT2D eigenvalue weighted by atomic mass is 35.5. The summed E-state index contributed by atoms with van der Waals surface area (Å²) in [5.41, 5.74) is -1.23. The van der Waals surface area contributed by atoms with E-state index in [4.69, 9.17) is 11.6 Å². The predicted octanol–water partition coefficient (Wildman–Crippen LogP) is 3.53. The van der Waals surface area contributed by atoms with Gasteiger partial charge in [0.05, 0.1) is 5.56 Å². The Kier molecular flexibility index (Phi) is 3.68. The van der Waals surface area contributed by atoms with Gasteiger partial charge in [0.25, 0.3) is 0 Å². The molecule has 0 fully saturated rings. The van der Waals surface area contributed by atoms with Crippen LogP contribution in [-0.4, -0.2) is 16.4 Å². The van der Waals surface area contributed by atoms with Crippen LogP contribution in [0.5, 0.6) is 0 Å². The minimum Gasteiger partial charge on any atom is -0.364 e. The molecule has 0 amide bonds. The summed E-state index contributed by atoms with van der Waals surface area (Å²) in [6, 6.07) is 1.90. The summed E-state index contributed by atoms with van der Waals surface area (Å²) in [6.07, 6.45) is -3.24. The number of alkyl halides is 4. The van der Waals surface area contributed by atoms with Crippen molar-refractivity contribution in [1.29, 1.82) is 0 Å². The van der Waals surface area contributed by atoms with Crippen molar-refractivity contribution in [1.82, 2.24) is 4.98 Å². The van der Waals surface area contributed by atoms with Crippen molar-refractivity contribution < 1.29 is 13.2 Å². The molecular weight excluding hydrogens is 241 g/mol. The van der Waals surface area contributed by atoms with E-state index in [1.54, 1.807) is 13.8 Å². The van der Waals surface area contributed by atoms with Gasteiger partial charge < -0.3 is 5.32 Å². The number of anilines is 1. The van der Waals surface area contributed by atoms with Gasteiger partial charge in [-0.25, -0.2) is 4.98 Å². The molecule has 0 atom stereocenters. The van der Waals surface area contributed by atoms with Gasteiger partial charge in [0.2, 0.25) is 0 Å². The van der Waals surface area contributed by atoms with Gasteiger partial charge in [-0.1, -0.05) is 0 Å². The van der Waals surface area contributed by atoms with Gasteiger partial charge in [-0.05, 0) is 26.0 Å². The van der Waals surface area contributed by atoms with Crippen molar-refractivity contribution in [3.05, 3.63) is 23.9 Å². The predicted molar refractivity (Wildman–Crippen MR) is 57.7 cm³/mol. The lowest BCUT2D eigenvalue weighted by Gasteiger charge is -2.24. The molecule has 6 heteroatoms. The molecule has 2 nitrogen and oxygen atoms in total. The normalized spacial score (nSPS) is 12.6. The lowest BCUT2D eigenvalue weighted by Crippen LogP contribution is -2.33. The average molecular weight is 253 g/mol. The molecule has 0 saturated carbocycles. The second-order valence-electron chi connectivity index (χ2n) is 4.07. The van der Waals surface area contributed by atoms with Gasteiger partial charge in [-0.2, -0.15) is 13.2 Å². The Bertz CT molecular complexity index is 363. The van der Waals surface area contributed by atoms with E-state index in [1.807, 2.05) is 0 Å². The van der Waals surface area contributed by atoms with Gasteiger partial charge >= 0.3 is 6.18 Å². The zero-order valence-electron chi connectivity index (χ0n) is 8.90. The second kappa shape index (κ2) is 4.49. The molecule has 1 rings (SSSR count). The molecule has 0 radical (unpaired) electrons. The van der Waals surface area contributed by atoms with Crippen LogP contribution in [0.25, 0.3) is 0 Å². The van der Waals surface area contributed by atoms with Crippen LogP contribution in [0.1, 0.15) is 19.4 Å². The first kappa shape index (κ1) is 13.1. The molecule has 90 valence electrons. The van der Waals surface area contributed by atoms with Crippen LogP contribution in [0, 0.1) is 0 Å². The van der Waals surface area contributed by atoms with E-state index < -0.39 is 17.3 Å². The van der Waals surface area contributed by atoms with E-state index in [9.17, 15) is 13.2 Å². The Morgan fingerprint density at radius 2 is 2.00 bits per heavy atom. The SMILES string of the molecule is CC(C)(CCl)Nc1cc(C(F)(F)F)ccn1. The van der Waals surface area contributed by atoms with E-state index in [0.717, 1.165) is 18.3 Å². The molecule has 0 spiro atoms. The molecule has 0 aliphatic carbocycles. The molecule has 0 unspecified atom stereocenters. The minimum atomic E-state index is -4.36. The average Bonchev–Trinajstić information content (AvgIpc) is 2.16. The molecule has 1 aromatic heterocycles. The first-order chi connectivity index (χ1) is 7.24. The monoisotopic (exact) mass is 252 g/mol. The summed E-state index contributed by atoms with van der Waals surface area (Å²) in [4.78, 5) is 3.82. The van der Waals surface area contributed by atoms with E-state index in [-0.39, 0.29) is 11.7 Å². The number of rotatable bonds is 3. The molecule has 0 bridgehead atoms.